The Balaban J connectivity index is 1.54. The fraction of sp³-hybridized carbons (Fsp3) is 0.333. The number of carbonyl (C=O) groups is 2. The van der Waals surface area contributed by atoms with Crippen LogP contribution in [0, 0.1) is 5.92 Å². The number of hydrogen-bond acceptors (Lipinski definition) is 4. The number of anilines is 2. The maximum Gasteiger partial charge on any atom is 0.416 e. The number of amides is 2. The molecule has 9 heteroatoms. The van der Waals surface area contributed by atoms with Crippen LogP contribution in [0.4, 0.5) is 29.3 Å². The van der Waals surface area contributed by atoms with Gasteiger partial charge in [0.15, 0.2) is 0 Å². The molecule has 1 aliphatic carbocycles. The molecule has 1 aliphatic rings. The van der Waals surface area contributed by atoms with Gasteiger partial charge in [0, 0.05) is 24.4 Å². The Kier molecular flexibility index (Phi) is 6.61. The van der Waals surface area contributed by atoms with Gasteiger partial charge in [0.1, 0.15) is 6.61 Å². The summed E-state index contributed by atoms with van der Waals surface area (Å²) in [4.78, 5) is 24.2. The molecule has 2 atom stereocenters. The minimum Gasteiger partial charge on any atom is -0.447 e. The van der Waals surface area contributed by atoms with Gasteiger partial charge in [-0.15, -0.1) is 0 Å². The predicted octanol–water partition coefficient (Wildman–Crippen LogP) is 4.64. The Bertz CT molecular complexity index is 900. The zero-order chi connectivity index (χ0) is 21.7. The second-order valence-corrected chi connectivity index (χ2v) is 6.89. The molecule has 0 aromatic heterocycles. The summed E-state index contributed by atoms with van der Waals surface area (Å²) >= 11 is 0. The number of alkyl halides is 3. The molecule has 0 saturated heterocycles. The normalized spacial score (nSPS) is 17.9. The van der Waals surface area contributed by atoms with Gasteiger partial charge in [-0.1, -0.05) is 18.2 Å². The summed E-state index contributed by atoms with van der Waals surface area (Å²) in [6.45, 7) is 0.400. The van der Waals surface area contributed by atoms with Crippen LogP contribution in [0.3, 0.4) is 0 Å². The minimum absolute atomic E-state index is 0.107. The van der Waals surface area contributed by atoms with Crippen molar-refractivity contribution in [2.75, 3.05) is 31.0 Å². The van der Waals surface area contributed by atoms with Crippen LogP contribution in [0.2, 0.25) is 0 Å². The van der Waals surface area contributed by atoms with E-state index in [1.165, 1.54) is 19.2 Å². The van der Waals surface area contributed by atoms with Gasteiger partial charge in [-0.25, -0.2) is 4.79 Å². The topological polar surface area (TPSA) is 76.7 Å². The number of hydrogen-bond donors (Lipinski definition) is 2. The van der Waals surface area contributed by atoms with Gasteiger partial charge in [-0.2, -0.15) is 13.2 Å². The van der Waals surface area contributed by atoms with E-state index in [-0.39, 0.29) is 31.0 Å². The van der Waals surface area contributed by atoms with Crippen LogP contribution in [0.25, 0.3) is 0 Å². The van der Waals surface area contributed by atoms with Crippen molar-refractivity contribution >= 4 is 23.4 Å². The van der Waals surface area contributed by atoms with Crippen molar-refractivity contribution in [3.05, 3.63) is 59.7 Å². The fourth-order valence-corrected chi connectivity index (χ4v) is 3.05. The highest BCUT2D eigenvalue weighted by atomic mass is 19.4. The lowest BCUT2D eigenvalue weighted by Gasteiger charge is -2.10. The molecule has 2 aromatic rings. The molecule has 2 aromatic carbocycles. The summed E-state index contributed by atoms with van der Waals surface area (Å²) in [7, 11) is 1.50. The number of methoxy groups -OCH3 is 1. The third-order valence-corrected chi connectivity index (χ3v) is 4.69. The largest absolute Gasteiger partial charge is 0.447 e. The smallest absolute Gasteiger partial charge is 0.416 e. The first-order chi connectivity index (χ1) is 14.3. The number of ether oxygens (including phenoxy) is 2. The van der Waals surface area contributed by atoms with Crippen molar-refractivity contribution in [2.24, 2.45) is 5.92 Å². The highest BCUT2D eigenvalue weighted by molar-refractivity contribution is 5.96. The zero-order valence-corrected chi connectivity index (χ0v) is 16.2. The lowest BCUT2D eigenvalue weighted by Crippen LogP contribution is -2.17. The molecule has 3 rings (SSSR count). The summed E-state index contributed by atoms with van der Waals surface area (Å²) in [5.74, 6) is -0.638. The lowest BCUT2D eigenvalue weighted by atomic mass is 10.1. The molecule has 0 bridgehead atoms. The van der Waals surface area contributed by atoms with E-state index >= 15 is 0 Å². The first kappa shape index (κ1) is 21.6. The summed E-state index contributed by atoms with van der Waals surface area (Å²) in [5, 5.41) is 5.33. The Morgan fingerprint density at radius 1 is 1.03 bits per heavy atom. The quantitative estimate of drug-likeness (QED) is 0.638. The standard InChI is InChI=1S/C21H21F3N2O4/c1-29-9-10-30-20(28)26-16-4-2-3-15(11-16)25-19(27)18-12-17(18)13-5-7-14(8-6-13)21(22,23)24/h2-8,11,17-18H,9-10,12H2,1H3,(H,25,27)(H,26,28). The van der Waals surface area contributed by atoms with Gasteiger partial charge in [0.25, 0.3) is 0 Å². The van der Waals surface area contributed by atoms with Crippen molar-refractivity contribution < 1.29 is 32.2 Å². The van der Waals surface area contributed by atoms with E-state index in [4.69, 9.17) is 9.47 Å². The van der Waals surface area contributed by atoms with E-state index in [2.05, 4.69) is 10.6 Å². The molecule has 6 nitrogen and oxygen atoms in total. The van der Waals surface area contributed by atoms with Crippen molar-refractivity contribution in [3.8, 4) is 0 Å². The first-order valence-corrected chi connectivity index (χ1v) is 9.28. The van der Waals surface area contributed by atoms with Crippen LogP contribution in [0.1, 0.15) is 23.5 Å². The van der Waals surface area contributed by atoms with Gasteiger partial charge in [-0.3, -0.25) is 10.1 Å². The monoisotopic (exact) mass is 422 g/mol. The van der Waals surface area contributed by atoms with E-state index in [9.17, 15) is 22.8 Å². The van der Waals surface area contributed by atoms with Crippen molar-refractivity contribution in [3.63, 3.8) is 0 Å². The van der Waals surface area contributed by atoms with Gasteiger partial charge in [0.05, 0.1) is 12.2 Å². The summed E-state index contributed by atoms with van der Waals surface area (Å²) in [5.41, 5.74) is 0.938. The van der Waals surface area contributed by atoms with Crippen molar-refractivity contribution in [2.45, 2.75) is 18.5 Å². The van der Waals surface area contributed by atoms with Gasteiger partial charge >= 0.3 is 12.3 Å². The third kappa shape index (κ3) is 5.73. The number of halogens is 3. The Hall–Kier alpha value is -3.07. The van der Waals surface area contributed by atoms with Crippen molar-refractivity contribution in [1.29, 1.82) is 0 Å². The Morgan fingerprint density at radius 2 is 1.70 bits per heavy atom. The van der Waals surface area contributed by atoms with Gasteiger partial charge in [0.2, 0.25) is 5.91 Å². The second kappa shape index (κ2) is 9.17. The van der Waals surface area contributed by atoms with E-state index in [0.717, 1.165) is 12.1 Å². The predicted molar refractivity (Wildman–Crippen MR) is 104 cm³/mol. The summed E-state index contributed by atoms with van der Waals surface area (Å²) < 4.78 is 47.7. The molecule has 2 amide bonds. The van der Waals surface area contributed by atoms with E-state index in [0.29, 0.717) is 23.4 Å². The zero-order valence-electron chi connectivity index (χ0n) is 16.2. The van der Waals surface area contributed by atoms with Crippen LogP contribution in [-0.2, 0) is 20.4 Å². The SMILES string of the molecule is COCCOC(=O)Nc1cccc(NC(=O)C2CC2c2ccc(C(F)(F)F)cc2)c1. The second-order valence-electron chi connectivity index (χ2n) is 6.89. The molecule has 2 N–H and O–H groups in total. The number of nitrogens with one attached hydrogen (secondary N) is 2. The van der Waals surface area contributed by atoms with E-state index in [1.807, 2.05) is 0 Å². The van der Waals surface area contributed by atoms with Crippen LogP contribution < -0.4 is 10.6 Å². The molecule has 2 unspecified atom stereocenters. The third-order valence-electron chi connectivity index (χ3n) is 4.69. The van der Waals surface area contributed by atoms with Gasteiger partial charge < -0.3 is 14.8 Å². The molecule has 0 heterocycles. The molecular formula is C21H21F3N2O4. The van der Waals surface area contributed by atoms with Crippen molar-refractivity contribution in [1.82, 2.24) is 0 Å². The maximum atomic E-state index is 12.7. The van der Waals surface area contributed by atoms with Crippen LogP contribution >= 0.6 is 0 Å². The van der Waals surface area contributed by atoms with Gasteiger partial charge in [-0.05, 0) is 48.2 Å². The highest BCUT2D eigenvalue weighted by Gasteiger charge is 2.44. The fourth-order valence-electron chi connectivity index (χ4n) is 3.05. The molecule has 0 aliphatic heterocycles. The highest BCUT2D eigenvalue weighted by Crippen LogP contribution is 2.48. The molecule has 30 heavy (non-hydrogen) atoms. The van der Waals surface area contributed by atoms with E-state index < -0.39 is 17.8 Å². The molecule has 160 valence electrons. The molecule has 0 spiro atoms. The van der Waals surface area contributed by atoms with E-state index in [1.54, 1.807) is 24.3 Å². The number of benzene rings is 2. The Morgan fingerprint density at radius 3 is 2.33 bits per heavy atom. The first-order valence-electron chi connectivity index (χ1n) is 9.28. The molecule has 1 fully saturated rings. The van der Waals surface area contributed by atoms with Crippen LogP contribution in [-0.4, -0.2) is 32.3 Å². The molecule has 0 radical (unpaired) electrons. The Labute approximate surface area is 171 Å². The summed E-state index contributed by atoms with van der Waals surface area (Å²) in [6.07, 6.45) is -4.45. The van der Waals surface area contributed by atoms with Crippen LogP contribution in [0.5, 0.6) is 0 Å². The average molecular weight is 422 g/mol. The lowest BCUT2D eigenvalue weighted by molar-refractivity contribution is -0.137. The number of carbonyl (C=O) groups excluding carboxylic acids is 2. The number of rotatable bonds is 7. The molecule has 1 saturated carbocycles. The average Bonchev–Trinajstić information content (AvgIpc) is 3.49. The maximum absolute atomic E-state index is 12.7. The molecular weight excluding hydrogens is 401 g/mol. The summed E-state index contributed by atoms with van der Waals surface area (Å²) in [6, 6.07) is 11.5. The minimum atomic E-state index is -4.38. The van der Waals surface area contributed by atoms with Crippen LogP contribution in [0.15, 0.2) is 48.5 Å².